The Labute approximate surface area is 92.1 Å². The monoisotopic (exact) mass is 235 g/mol. The highest BCUT2D eigenvalue weighted by molar-refractivity contribution is 5.26. The van der Waals surface area contributed by atoms with E-state index in [9.17, 15) is 8.78 Å². The Morgan fingerprint density at radius 1 is 1.38 bits per heavy atom. The summed E-state index contributed by atoms with van der Waals surface area (Å²) >= 11 is 0. The molecule has 1 atom stereocenters. The van der Waals surface area contributed by atoms with Crippen LogP contribution in [0.2, 0.25) is 0 Å². The van der Waals surface area contributed by atoms with E-state index in [4.69, 9.17) is 9.63 Å². The van der Waals surface area contributed by atoms with Crippen LogP contribution in [0.4, 0.5) is 14.7 Å². The Bertz CT molecular complexity index is 315. The topological polar surface area (TPSA) is 62.4 Å². The Morgan fingerprint density at radius 2 is 2.00 bits per heavy atom. The van der Waals surface area contributed by atoms with Crippen molar-refractivity contribution in [2.45, 2.75) is 32.8 Å². The van der Waals surface area contributed by atoms with Gasteiger partial charge < -0.3 is 14.5 Å². The molecule has 1 aromatic rings. The number of nitrogens with zero attached hydrogens (tertiary/aromatic N) is 3. The molecule has 0 fully saturated rings. The van der Waals surface area contributed by atoms with Gasteiger partial charge in [0, 0.05) is 13.1 Å². The van der Waals surface area contributed by atoms with Gasteiger partial charge in [-0.05, 0) is 19.0 Å². The predicted molar refractivity (Wildman–Crippen MR) is 53.6 cm³/mol. The number of anilines is 1. The fourth-order valence-electron chi connectivity index (χ4n) is 1.23. The van der Waals surface area contributed by atoms with E-state index in [1.54, 1.807) is 0 Å². The third kappa shape index (κ3) is 3.13. The van der Waals surface area contributed by atoms with Gasteiger partial charge in [-0.3, -0.25) is 0 Å². The van der Waals surface area contributed by atoms with Crippen molar-refractivity contribution >= 4 is 5.95 Å². The highest BCUT2D eigenvalue weighted by atomic mass is 19.3. The van der Waals surface area contributed by atoms with Gasteiger partial charge in [0.1, 0.15) is 6.10 Å². The third-order valence-electron chi connectivity index (χ3n) is 2.18. The summed E-state index contributed by atoms with van der Waals surface area (Å²) in [6, 6.07) is 0. The Morgan fingerprint density at radius 3 is 2.50 bits per heavy atom. The van der Waals surface area contributed by atoms with Crippen LogP contribution in [0.5, 0.6) is 0 Å². The molecular formula is C9H15F2N3O2. The van der Waals surface area contributed by atoms with Gasteiger partial charge in [-0.2, -0.15) is 4.98 Å². The van der Waals surface area contributed by atoms with Crippen LogP contribution in [0.3, 0.4) is 0 Å². The molecule has 92 valence electrons. The van der Waals surface area contributed by atoms with E-state index in [2.05, 4.69) is 10.1 Å². The fraction of sp³-hybridized carbons (Fsp3) is 0.778. The first-order chi connectivity index (χ1) is 7.58. The van der Waals surface area contributed by atoms with Crippen molar-refractivity contribution < 1.29 is 18.4 Å². The van der Waals surface area contributed by atoms with Crippen LogP contribution in [0, 0.1) is 0 Å². The van der Waals surface area contributed by atoms with E-state index < -0.39 is 12.5 Å². The van der Waals surface area contributed by atoms with Crippen LogP contribution in [-0.2, 0) is 6.42 Å². The van der Waals surface area contributed by atoms with Crippen molar-refractivity contribution in [1.82, 2.24) is 10.1 Å². The second-order valence-corrected chi connectivity index (χ2v) is 3.27. The Kier molecular flexibility index (Phi) is 4.60. The summed E-state index contributed by atoms with van der Waals surface area (Å²) < 4.78 is 28.9. The maximum atomic E-state index is 12.1. The number of aromatic nitrogens is 2. The molecule has 7 heteroatoms. The molecule has 1 heterocycles. The fourth-order valence-corrected chi connectivity index (χ4v) is 1.23. The lowest BCUT2D eigenvalue weighted by Crippen LogP contribution is -2.23. The maximum Gasteiger partial charge on any atom is 0.266 e. The summed E-state index contributed by atoms with van der Waals surface area (Å²) in [5.41, 5.74) is 0. The molecule has 0 spiro atoms. The molecule has 0 saturated carbocycles. The summed E-state index contributed by atoms with van der Waals surface area (Å²) in [6.45, 7) is 5.25. The summed E-state index contributed by atoms with van der Waals surface area (Å²) in [7, 11) is 0. The normalized spacial score (nSPS) is 13.1. The molecule has 1 unspecified atom stereocenters. The van der Waals surface area contributed by atoms with Crippen molar-refractivity contribution in [3.63, 3.8) is 0 Å². The molecular weight excluding hydrogens is 220 g/mol. The standard InChI is InChI=1S/C9H15F2N3O2/c1-3-14(4-2)9-12-7(16-13-9)5-6(15)8(10)11/h6,8,15H,3-5H2,1-2H3. The number of hydrogen-bond donors (Lipinski definition) is 1. The van der Waals surface area contributed by atoms with Gasteiger partial charge >= 0.3 is 0 Å². The van der Waals surface area contributed by atoms with Crippen LogP contribution >= 0.6 is 0 Å². The van der Waals surface area contributed by atoms with Crippen LogP contribution in [0.15, 0.2) is 4.52 Å². The number of hydrogen-bond acceptors (Lipinski definition) is 5. The van der Waals surface area contributed by atoms with Crippen molar-refractivity contribution in [3.05, 3.63) is 5.89 Å². The van der Waals surface area contributed by atoms with Gasteiger partial charge in [0.25, 0.3) is 12.4 Å². The third-order valence-corrected chi connectivity index (χ3v) is 2.18. The quantitative estimate of drug-likeness (QED) is 0.799. The first-order valence-electron chi connectivity index (χ1n) is 5.12. The first kappa shape index (κ1) is 12.8. The summed E-state index contributed by atoms with van der Waals surface area (Å²) in [5, 5.41) is 12.6. The largest absolute Gasteiger partial charge is 0.387 e. The second kappa shape index (κ2) is 5.74. The van der Waals surface area contributed by atoms with Crippen molar-refractivity contribution in [3.8, 4) is 0 Å². The van der Waals surface area contributed by atoms with Crippen LogP contribution < -0.4 is 4.90 Å². The molecule has 0 aliphatic heterocycles. The zero-order valence-corrected chi connectivity index (χ0v) is 9.23. The minimum atomic E-state index is -2.80. The zero-order valence-electron chi connectivity index (χ0n) is 9.23. The molecule has 0 aliphatic carbocycles. The molecule has 0 saturated heterocycles. The first-order valence-corrected chi connectivity index (χ1v) is 5.12. The van der Waals surface area contributed by atoms with Gasteiger partial charge in [-0.1, -0.05) is 0 Å². The van der Waals surface area contributed by atoms with Gasteiger partial charge in [0.05, 0.1) is 6.42 Å². The van der Waals surface area contributed by atoms with E-state index in [-0.39, 0.29) is 12.3 Å². The van der Waals surface area contributed by atoms with Gasteiger partial charge in [-0.25, -0.2) is 8.78 Å². The lowest BCUT2D eigenvalue weighted by Gasteiger charge is -2.14. The van der Waals surface area contributed by atoms with Crippen LogP contribution in [-0.4, -0.2) is 40.9 Å². The molecule has 16 heavy (non-hydrogen) atoms. The molecule has 0 aliphatic rings. The number of halogens is 2. The number of rotatable bonds is 6. The molecule has 5 nitrogen and oxygen atoms in total. The van der Waals surface area contributed by atoms with Gasteiger partial charge in [0.2, 0.25) is 5.89 Å². The zero-order chi connectivity index (χ0) is 12.1. The molecule has 0 amide bonds. The van der Waals surface area contributed by atoms with E-state index >= 15 is 0 Å². The molecule has 1 N–H and O–H groups in total. The number of aliphatic hydroxyl groups is 1. The number of aliphatic hydroxyl groups excluding tert-OH is 1. The van der Waals surface area contributed by atoms with Crippen LogP contribution in [0.25, 0.3) is 0 Å². The lowest BCUT2D eigenvalue weighted by atomic mass is 10.2. The number of alkyl halides is 2. The predicted octanol–water partition coefficient (Wildman–Crippen LogP) is 1.08. The van der Waals surface area contributed by atoms with Crippen LogP contribution in [0.1, 0.15) is 19.7 Å². The molecule has 1 rings (SSSR count). The van der Waals surface area contributed by atoms with E-state index in [0.29, 0.717) is 19.0 Å². The Balaban J connectivity index is 2.64. The highest BCUT2D eigenvalue weighted by Crippen LogP contribution is 2.12. The van der Waals surface area contributed by atoms with Crippen molar-refractivity contribution in [2.24, 2.45) is 0 Å². The summed E-state index contributed by atoms with van der Waals surface area (Å²) in [4.78, 5) is 5.75. The Hall–Kier alpha value is -1.24. The molecule has 0 aromatic carbocycles. The maximum absolute atomic E-state index is 12.1. The SMILES string of the molecule is CCN(CC)c1noc(CC(O)C(F)F)n1. The molecule has 0 bridgehead atoms. The summed E-state index contributed by atoms with van der Waals surface area (Å²) in [6.07, 6.45) is -4.89. The summed E-state index contributed by atoms with van der Waals surface area (Å²) in [5.74, 6) is 0.385. The van der Waals surface area contributed by atoms with E-state index in [0.717, 1.165) is 0 Å². The minimum Gasteiger partial charge on any atom is -0.387 e. The average molecular weight is 235 g/mol. The molecule has 0 radical (unpaired) electrons. The smallest absolute Gasteiger partial charge is 0.266 e. The van der Waals surface area contributed by atoms with E-state index in [1.165, 1.54) is 0 Å². The average Bonchev–Trinajstić information content (AvgIpc) is 2.68. The van der Waals surface area contributed by atoms with E-state index in [1.807, 2.05) is 18.7 Å². The second-order valence-electron chi connectivity index (χ2n) is 3.27. The van der Waals surface area contributed by atoms with Gasteiger partial charge in [-0.15, -0.1) is 0 Å². The van der Waals surface area contributed by atoms with Crippen molar-refractivity contribution in [2.75, 3.05) is 18.0 Å². The van der Waals surface area contributed by atoms with Crippen molar-refractivity contribution in [1.29, 1.82) is 0 Å². The van der Waals surface area contributed by atoms with Gasteiger partial charge in [0.15, 0.2) is 0 Å². The highest BCUT2D eigenvalue weighted by Gasteiger charge is 2.21. The minimum absolute atomic E-state index is 0.0229. The molecule has 1 aromatic heterocycles. The lowest BCUT2D eigenvalue weighted by molar-refractivity contribution is -0.00754.